The highest BCUT2D eigenvalue weighted by Crippen LogP contribution is 2.36. The normalized spacial score (nSPS) is 16.0. The summed E-state index contributed by atoms with van der Waals surface area (Å²) in [6.45, 7) is 0. The van der Waals surface area contributed by atoms with E-state index in [4.69, 9.17) is 0 Å². The minimum absolute atomic E-state index is 0.000787. The summed E-state index contributed by atoms with van der Waals surface area (Å²) >= 11 is 0. The lowest BCUT2D eigenvalue weighted by Gasteiger charge is -2.21. The minimum Gasteiger partial charge on any atom is -0.504 e. The van der Waals surface area contributed by atoms with E-state index in [1.807, 2.05) is 0 Å². The first-order valence-electron chi connectivity index (χ1n) is 6.97. The molecule has 1 atom stereocenters. The number of hydrogen-bond donors (Lipinski definition) is 5. The molecule has 0 aliphatic carbocycles. The number of aliphatic hydroxyl groups is 1. The quantitative estimate of drug-likeness (QED) is 0.307. The van der Waals surface area contributed by atoms with E-state index in [1.54, 1.807) is 0 Å². The van der Waals surface area contributed by atoms with E-state index in [0.717, 1.165) is 24.3 Å². The molecule has 0 radical (unpaired) electrons. The first kappa shape index (κ1) is 16.3. The number of aromatic hydroxyl groups is 4. The van der Waals surface area contributed by atoms with Crippen LogP contribution in [0.3, 0.4) is 0 Å². The maximum atomic E-state index is 12.7. The summed E-state index contributed by atoms with van der Waals surface area (Å²) in [5.41, 5.74) is -0.619. The Hall–Kier alpha value is -3.61. The van der Waals surface area contributed by atoms with Crippen LogP contribution in [0, 0.1) is 0 Å². The largest absolute Gasteiger partial charge is 0.504 e. The number of carbonyl (C=O) groups is 1. The third-order valence-electron chi connectivity index (χ3n) is 3.73. The molecule has 0 spiro atoms. The fourth-order valence-electron chi connectivity index (χ4n) is 2.48. The van der Waals surface area contributed by atoms with Gasteiger partial charge in [-0.25, -0.2) is 9.79 Å². The van der Waals surface area contributed by atoms with Gasteiger partial charge in [0.05, 0.1) is 5.57 Å². The summed E-state index contributed by atoms with van der Waals surface area (Å²) in [5, 5.41) is 48.1. The van der Waals surface area contributed by atoms with Gasteiger partial charge in [-0.3, -0.25) is 4.79 Å². The van der Waals surface area contributed by atoms with Crippen LogP contribution in [-0.2, 0) is 4.79 Å². The van der Waals surface area contributed by atoms with E-state index >= 15 is 0 Å². The van der Waals surface area contributed by atoms with Gasteiger partial charge in [-0.15, -0.1) is 0 Å². The molecule has 0 saturated heterocycles. The van der Waals surface area contributed by atoms with E-state index in [2.05, 4.69) is 4.99 Å². The Kier molecular flexibility index (Phi) is 3.76. The van der Waals surface area contributed by atoms with Crippen molar-refractivity contribution in [1.82, 2.24) is 0 Å². The van der Waals surface area contributed by atoms with Gasteiger partial charge in [0.25, 0.3) is 0 Å². The summed E-state index contributed by atoms with van der Waals surface area (Å²) in [5.74, 6) is -1.26. The van der Waals surface area contributed by atoms with Crippen LogP contribution in [0.4, 0.5) is 0 Å². The number of nitrogens with zero attached hydrogens (tertiary/aromatic N) is 1. The van der Waals surface area contributed by atoms with Crippen LogP contribution in [-0.4, -0.2) is 49.2 Å². The van der Waals surface area contributed by atoms with Gasteiger partial charge < -0.3 is 25.5 Å². The van der Waals surface area contributed by atoms with E-state index in [0.29, 0.717) is 0 Å². The van der Waals surface area contributed by atoms with Crippen molar-refractivity contribution in [3.63, 3.8) is 0 Å². The predicted molar refractivity (Wildman–Crippen MR) is 85.5 cm³/mol. The number of benzene rings is 2. The molecule has 0 aromatic heterocycles. The van der Waals surface area contributed by atoms with Crippen LogP contribution >= 0.6 is 0 Å². The number of hydrogen-bond acceptors (Lipinski definition) is 8. The van der Waals surface area contributed by atoms with Gasteiger partial charge in [0.15, 0.2) is 29.2 Å². The molecule has 126 valence electrons. The molecule has 0 fully saturated rings. The number of aliphatic hydroxyl groups excluding tert-OH is 1. The van der Waals surface area contributed by atoms with E-state index in [9.17, 15) is 35.1 Å². The molecule has 2 aromatic carbocycles. The topological polar surface area (TPSA) is 148 Å². The summed E-state index contributed by atoms with van der Waals surface area (Å²) < 4.78 is 0. The van der Waals surface area contributed by atoms with Crippen LogP contribution in [0.2, 0.25) is 0 Å². The number of aliphatic imine (C=N–C) groups is 1. The highest BCUT2D eigenvalue weighted by molar-refractivity contribution is 6.52. The fourth-order valence-corrected chi connectivity index (χ4v) is 2.48. The average Bonchev–Trinajstić information content (AvgIpc) is 2.58. The van der Waals surface area contributed by atoms with Crippen molar-refractivity contribution in [1.29, 1.82) is 0 Å². The number of fused-ring (bicyclic) bond motifs is 1. The van der Waals surface area contributed by atoms with Crippen LogP contribution in [0.5, 0.6) is 23.0 Å². The smallest absolute Gasteiger partial charge is 0.211 e. The predicted octanol–water partition coefficient (Wildman–Crippen LogP) is 0.728. The van der Waals surface area contributed by atoms with Gasteiger partial charge in [0.1, 0.15) is 11.7 Å². The highest BCUT2D eigenvalue weighted by atomic mass is 16.3. The van der Waals surface area contributed by atoms with E-state index < -0.39 is 35.0 Å². The maximum Gasteiger partial charge on any atom is 0.211 e. The summed E-state index contributed by atoms with van der Waals surface area (Å²) in [7, 11) is 0. The molecule has 1 aliphatic rings. The Morgan fingerprint density at radius 2 is 1.52 bits per heavy atom. The third-order valence-corrected chi connectivity index (χ3v) is 3.73. The lowest BCUT2D eigenvalue weighted by atomic mass is 9.89. The molecule has 0 bridgehead atoms. The second kappa shape index (κ2) is 5.79. The van der Waals surface area contributed by atoms with Crippen molar-refractivity contribution in [2.45, 2.75) is 6.23 Å². The molecule has 8 heteroatoms. The molecule has 3 rings (SSSR count). The minimum atomic E-state index is -1.68. The molecular weight excluding hydrogens is 330 g/mol. The third kappa shape index (κ3) is 2.61. The number of rotatable bonds is 2. The molecule has 0 saturated carbocycles. The van der Waals surface area contributed by atoms with Gasteiger partial charge in [0.2, 0.25) is 5.78 Å². The van der Waals surface area contributed by atoms with Crippen molar-refractivity contribution in [3.8, 4) is 23.0 Å². The van der Waals surface area contributed by atoms with E-state index in [1.165, 1.54) is 12.0 Å². The molecular formula is C17H11NO7. The summed E-state index contributed by atoms with van der Waals surface area (Å²) in [6.07, 6.45) is -1.68. The molecule has 2 aromatic rings. The second-order valence-corrected chi connectivity index (χ2v) is 5.29. The van der Waals surface area contributed by atoms with Crippen LogP contribution in [0.15, 0.2) is 35.3 Å². The maximum absolute atomic E-state index is 12.7. The number of phenols is 4. The molecule has 1 unspecified atom stereocenters. The van der Waals surface area contributed by atoms with Gasteiger partial charge >= 0.3 is 0 Å². The van der Waals surface area contributed by atoms with Gasteiger partial charge in [-0.1, -0.05) is 0 Å². The van der Waals surface area contributed by atoms with Crippen LogP contribution in [0.25, 0.3) is 5.57 Å². The van der Waals surface area contributed by atoms with Crippen molar-refractivity contribution >= 4 is 23.0 Å². The summed E-state index contributed by atoms with van der Waals surface area (Å²) in [6, 6.07) is 5.40. The average molecular weight is 341 g/mol. The Morgan fingerprint density at radius 3 is 2.12 bits per heavy atom. The molecule has 25 heavy (non-hydrogen) atoms. The van der Waals surface area contributed by atoms with Gasteiger partial charge in [0, 0.05) is 16.7 Å². The molecule has 1 heterocycles. The molecule has 8 nitrogen and oxygen atoms in total. The number of phenolic OH excluding ortho intramolecular Hbond substituents is 4. The Bertz CT molecular complexity index is 987. The monoisotopic (exact) mass is 341 g/mol. The second-order valence-electron chi connectivity index (χ2n) is 5.29. The molecule has 0 amide bonds. The molecule has 5 N–H and O–H groups in total. The lowest BCUT2D eigenvalue weighted by Crippen LogP contribution is -2.26. The SMILES string of the molecule is O=C=C1c2cc(O)c(O)cc2C(C(=O)c2ccc(O)c(O)c2)=NC1O. The standard InChI is InChI=1S/C17H11NO7/c19-6-10-8-4-13(22)14(23)5-9(8)15(18-17(10)25)16(24)7-1-2-11(20)12(21)3-7/h1-5,17,20-23,25H. The van der Waals surface area contributed by atoms with Crippen molar-refractivity contribution in [3.05, 3.63) is 47.0 Å². The van der Waals surface area contributed by atoms with E-state index in [-0.39, 0.29) is 28.0 Å². The number of carbonyl (C=O) groups excluding carboxylic acids is 2. The van der Waals surface area contributed by atoms with Crippen molar-refractivity contribution < 1.29 is 35.1 Å². The first-order valence-corrected chi connectivity index (χ1v) is 6.97. The molecule has 1 aliphatic heterocycles. The summed E-state index contributed by atoms with van der Waals surface area (Å²) in [4.78, 5) is 27.5. The fraction of sp³-hybridized carbons (Fsp3) is 0.0588. The Morgan fingerprint density at radius 1 is 0.920 bits per heavy atom. The van der Waals surface area contributed by atoms with Crippen LogP contribution in [0.1, 0.15) is 21.5 Å². The Balaban J connectivity index is 2.20. The van der Waals surface area contributed by atoms with Crippen molar-refractivity contribution in [2.75, 3.05) is 0 Å². The zero-order chi connectivity index (χ0) is 18.3. The number of Topliss-reactive ketones (excluding diaryl/α,β-unsaturated/α-hetero) is 1. The zero-order valence-corrected chi connectivity index (χ0v) is 12.5. The highest BCUT2D eigenvalue weighted by Gasteiger charge is 2.31. The first-order chi connectivity index (χ1) is 11.8. The van der Waals surface area contributed by atoms with Gasteiger partial charge in [-0.05, 0) is 30.3 Å². The lowest BCUT2D eigenvalue weighted by molar-refractivity contribution is 0.106. The zero-order valence-electron chi connectivity index (χ0n) is 12.5. The number of ketones is 1. The van der Waals surface area contributed by atoms with Crippen molar-refractivity contribution in [2.24, 2.45) is 4.99 Å². The Labute approximate surface area is 140 Å². The van der Waals surface area contributed by atoms with Crippen LogP contribution < -0.4 is 0 Å². The van der Waals surface area contributed by atoms with Gasteiger partial charge in [-0.2, -0.15) is 0 Å².